The number of aromatic amines is 4. The summed E-state index contributed by atoms with van der Waals surface area (Å²) in [6.07, 6.45) is 24.3. The normalized spacial score (nSPS) is 14.1. The summed E-state index contributed by atoms with van der Waals surface area (Å²) in [5.74, 6) is 0. The Labute approximate surface area is 465 Å². The van der Waals surface area contributed by atoms with Crippen LogP contribution in [0.15, 0.2) is 188 Å². The number of pyridine rings is 3. The van der Waals surface area contributed by atoms with E-state index in [0.717, 1.165) is 120 Å². The zero-order valence-corrected chi connectivity index (χ0v) is 47.0. The minimum Gasteiger partial charge on any atom is -0.357 e. The van der Waals surface area contributed by atoms with Crippen LogP contribution in [0.3, 0.4) is 0 Å². The van der Waals surface area contributed by atoms with Gasteiger partial charge >= 0.3 is 0 Å². The van der Waals surface area contributed by atoms with Crippen molar-refractivity contribution in [3.63, 3.8) is 0 Å². The molecule has 5 N–H and O–H groups in total. The van der Waals surface area contributed by atoms with Gasteiger partial charge in [0, 0.05) is 80.3 Å². The number of allylic oxidation sites excluding steroid dienone is 10. The Morgan fingerprint density at radius 3 is 2.04 bits per heavy atom. The van der Waals surface area contributed by atoms with Crippen LogP contribution in [0.1, 0.15) is 86.5 Å². The highest BCUT2D eigenvalue weighted by atomic mass is 32.2. The van der Waals surface area contributed by atoms with E-state index in [2.05, 4.69) is 193 Å². The first-order valence-corrected chi connectivity index (χ1v) is 28.2. The van der Waals surface area contributed by atoms with Gasteiger partial charge in [0.2, 0.25) is 0 Å². The number of thioether (sulfide) groups is 1. The number of benzene rings is 1. The van der Waals surface area contributed by atoms with Gasteiger partial charge in [0.15, 0.2) is 11.3 Å². The molecule has 8 aromatic heterocycles. The van der Waals surface area contributed by atoms with Crippen molar-refractivity contribution in [2.45, 2.75) is 59.6 Å². The summed E-state index contributed by atoms with van der Waals surface area (Å²) in [5.41, 5.74) is 20.9. The van der Waals surface area contributed by atoms with E-state index in [0.29, 0.717) is 16.5 Å². The maximum absolute atomic E-state index is 4.68. The predicted octanol–water partition coefficient (Wildman–Crippen LogP) is 16.3. The van der Waals surface area contributed by atoms with E-state index in [1.54, 1.807) is 17.4 Å². The smallest absolute Gasteiger partial charge is 0.181 e. The average Bonchev–Trinajstić information content (AvgIpc) is 4.43. The summed E-state index contributed by atoms with van der Waals surface area (Å²) in [7, 11) is 0. The fourth-order valence-corrected chi connectivity index (χ4v) is 10.9. The molecule has 10 rings (SSSR count). The minimum absolute atomic E-state index is 0.543. The third-order valence-corrected chi connectivity index (χ3v) is 15.4. The fourth-order valence-electron chi connectivity index (χ4n) is 9.62. The number of nitrogens with zero attached hydrogens (tertiary/aromatic N) is 6. The van der Waals surface area contributed by atoms with Gasteiger partial charge in [-0.15, -0.1) is 11.8 Å². The first kappa shape index (κ1) is 54.4. The van der Waals surface area contributed by atoms with Crippen LogP contribution in [0.25, 0.3) is 83.9 Å². The zero-order chi connectivity index (χ0) is 54.7. The highest BCUT2D eigenvalue weighted by Gasteiger charge is 2.19. The van der Waals surface area contributed by atoms with Crippen LogP contribution >= 0.6 is 23.1 Å². The lowest BCUT2D eigenvalue weighted by molar-refractivity contribution is 0.371. The maximum Gasteiger partial charge on any atom is 0.181 e. The lowest BCUT2D eigenvalue weighted by Crippen LogP contribution is -2.21. The molecule has 1 aromatic carbocycles. The Morgan fingerprint density at radius 2 is 1.44 bits per heavy atom. The number of fused-ring (bicyclic) bond motifs is 3. The van der Waals surface area contributed by atoms with Crippen LogP contribution < -0.4 is 5.32 Å². The zero-order valence-electron chi connectivity index (χ0n) is 45.4. The number of rotatable bonds is 19. The molecule has 394 valence electrons. The molecular weight excluding hydrogens is 999 g/mol. The third-order valence-electron chi connectivity index (χ3n) is 13.7. The van der Waals surface area contributed by atoms with Crippen LogP contribution in [-0.4, -0.2) is 75.1 Å². The van der Waals surface area contributed by atoms with Crippen molar-refractivity contribution < 1.29 is 0 Å². The molecule has 11 nitrogen and oxygen atoms in total. The number of hydrogen-bond acceptors (Lipinski definition) is 9. The van der Waals surface area contributed by atoms with Crippen LogP contribution in [0, 0.1) is 6.92 Å². The number of H-pyrrole nitrogens is 4. The van der Waals surface area contributed by atoms with Crippen molar-refractivity contribution in [3.8, 4) is 22.8 Å². The van der Waals surface area contributed by atoms with Gasteiger partial charge in [-0.3, -0.25) is 15.1 Å². The summed E-state index contributed by atoms with van der Waals surface area (Å²) in [5, 5.41) is 28.8. The molecule has 1 fully saturated rings. The van der Waals surface area contributed by atoms with E-state index in [9.17, 15) is 0 Å². The van der Waals surface area contributed by atoms with Gasteiger partial charge in [0.1, 0.15) is 5.65 Å². The lowest BCUT2D eigenvalue weighted by Gasteiger charge is -2.15. The van der Waals surface area contributed by atoms with Crippen LogP contribution in [0.4, 0.5) is 0 Å². The van der Waals surface area contributed by atoms with Gasteiger partial charge in [-0.2, -0.15) is 21.5 Å². The standard InChI is InChI=1S/C34H31N5S.C31H36N6S/c1-6-12-29(26-15-16-40-21-26)30-19-32(37-23(30)5)33-31-18-27(20-35-34(31)39-38-33)24(7-2)17-28(8-3)36-22(4)25-13-10-9-11-14-25;1-6-22(18-37-12-8-9-13-37)14-23(7-2)24-15-27-29(35-36-31(27)33-17-24)28-16-26-25(10-11-32-30(26)34-28)21(5)19-38-20(3)4/h6-21,36-37H,1,3-4H2,2,5H3,(H,35,38,39);6-7,10-11,14-17,19-20H,1,8-9,12-13,18H2,2-5H3,(H,32,34)(H,33,35,36)/b24-7+,28-17+,29-12-;21-19+,22-14+,23-7+. The molecule has 0 unspecified atom stereocenters. The van der Waals surface area contributed by atoms with Crippen LogP contribution in [0.2, 0.25) is 0 Å². The second-order valence-corrected chi connectivity index (χ2v) is 21.6. The molecule has 9 heterocycles. The summed E-state index contributed by atoms with van der Waals surface area (Å²) in [6, 6.07) is 22.9. The average molecular weight is 1070 g/mol. The van der Waals surface area contributed by atoms with Crippen molar-refractivity contribution in [2.24, 2.45) is 0 Å². The Kier molecular flexibility index (Phi) is 17.6. The molecule has 1 aliphatic rings. The van der Waals surface area contributed by atoms with E-state index in [1.165, 1.54) is 35.1 Å². The highest BCUT2D eigenvalue weighted by molar-refractivity contribution is 8.02. The van der Waals surface area contributed by atoms with E-state index in [-0.39, 0.29) is 0 Å². The van der Waals surface area contributed by atoms with E-state index < -0.39 is 0 Å². The van der Waals surface area contributed by atoms with Gasteiger partial charge in [-0.1, -0.05) is 107 Å². The molecule has 1 aliphatic heterocycles. The van der Waals surface area contributed by atoms with E-state index in [4.69, 9.17) is 0 Å². The minimum atomic E-state index is 0.543. The predicted molar refractivity (Wildman–Crippen MR) is 334 cm³/mol. The molecular formula is C65H67N11S2. The number of nitrogens with one attached hydrogen (secondary N) is 5. The number of hydrogen-bond donors (Lipinski definition) is 5. The first-order valence-electron chi connectivity index (χ1n) is 26.3. The molecule has 0 atom stereocenters. The first-order chi connectivity index (χ1) is 38.0. The summed E-state index contributed by atoms with van der Waals surface area (Å²) < 4.78 is 0. The molecule has 78 heavy (non-hydrogen) atoms. The van der Waals surface area contributed by atoms with Crippen molar-refractivity contribution in [1.29, 1.82) is 0 Å². The molecule has 9 aromatic rings. The number of aromatic nitrogens is 9. The second-order valence-electron chi connectivity index (χ2n) is 19.4. The Morgan fingerprint density at radius 1 is 0.769 bits per heavy atom. The molecule has 0 spiro atoms. The lowest BCUT2D eigenvalue weighted by atomic mass is 9.99. The van der Waals surface area contributed by atoms with Gasteiger partial charge in [-0.05, 0) is 163 Å². The SMILES string of the molecule is C=C/C(=C\C(=C/C)c1cnc2n[nH]c(-c3cc4c(/C(C)=C/SC(C)C)ccnc4[nH]3)c2c1)CN1CCCC1.C=C/C=C(/c1ccsc1)c1cc(-c2[nH]nc3ncc(C(/C=C(\C=C)NC(=C)c4ccccc4)=C/C)cc23)[nH]c1C. The second kappa shape index (κ2) is 25.2. The molecule has 0 bridgehead atoms. The summed E-state index contributed by atoms with van der Waals surface area (Å²) >= 11 is 3.51. The monoisotopic (exact) mass is 1070 g/mol. The molecule has 0 amide bonds. The van der Waals surface area contributed by atoms with E-state index >= 15 is 0 Å². The summed E-state index contributed by atoms with van der Waals surface area (Å²) in [4.78, 5) is 23.5. The molecule has 0 saturated carbocycles. The van der Waals surface area contributed by atoms with Crippen LogP contribution in [0.5, 0.6) is 0 Å². The summed E-state index contributed by atoms with van der Waals surface area (Å²) in [6.45, 7) is 32.2. The number of thiophene rings is 1. The fraction of sp³-hybridized carbons (Fsp3) is 0.185. The van der Waals surface area contributed by atoms with Gasteiger partial charge in [-0.25, -0.2) is 15.0 Å². The Hall–Kier alpha value is -8.36. The quantitative estimate of drug-likeness (QED) is 0.0504. The number of likely N-dealkylation sites (tertiary alicyclic amines) is 1. The Bertz CT molecular complexity index is 3820. The van der Waals surface area contributed by atoms with Crippen molar-refractivity contribution >= 4 is 84.2 Å². The van der Waals surface area contributed by atoms with E-state index in [1.807, 2.05) is 85.8 Å². The molecule has 1 saturated heterocycles. The van der Waals surface area contributed by atoms with Crippen LogP contribution in [-0.2, 0) is 0 Å². The van der Waals surface area contributed by atoms with Gasteiger partial charge < -0.3 is 15.3 Å². The highest BCUT2D eigenvalue weighted by Crippen LogP contribution is 2.36. The largest absolute Gasteiger partial charge is 0.357 e. The number of aryl methyl sites for hydroxylation is 1. The molecule has 13 heteroatoms. The molecule has 0 aliphatic carbocycles. The molecule has 0 radical (unpaired) electrons. The van der Waals surface area contributed by atoms with Crippen molar-refractivity contribution in [3.05, 3.63) is 227 Å². The Balaban J connectivity index is 0.000000190. The van der Waals surface area contributed by atoms with Gasteiger partial charge in [0.25, 0.3) is 0 Å². The van der Waals surface area contributed by atoms with Gasteiger partial charge in [0.05, 0.1) is 22.8 Å². The third kappa shape index (κ3) is 12.4. The van der Waals surface area contributed by atoms with Crippen molar-refractivity contribution in [1.82, 2.24) is 55.5 Å². The maximum atomic E-state index is 4.68. The van der Waals surface area contributed by atoms with Crippen molar-refractivity contribution in [2.75, 3.05) is 19.6 Å². The topological polar surface area (TPSA) is 143 Å².